The lowest BCUT2D eigenvalue weighted by molar-refractivity contribution is -0.157. The molecular formula is C12H22N2O4. The molecular weight excluding hydrogens is 236 g/mol. The van der Waals surface area contributed by atoms with Gasteiger partial charge in [-0.25, -0.2) is 4.79 Å². The molecule has 1 heterocycles. The second-order valence-corrected chi connectivity index (χ2v) is 5.07. The van der Waals surface area contributed by atoms with Gasteiger partial charge in [0.05, 0.1) is 19.1 Å². The first kappa shape index (κ1) is 14.9. The molecule has 1 rings (SSSR count). The second kappa shape index (κ2) is 5.67. The summed E-state index contributed by atoms with van der Waals surface area (Å²) >= 11 is 0. The second-order valence-electron chi connectivity index (χ2n) is 5.07. The minimum Gasteiger partial charge on any atom is -0.480 e. The van der Waals surface area contributed by atoms with Crippen molar-refractivity contribution < 1.29 is 19.4 Å². The van der Waals surface area contributed by atoms with Crippen LogP contribution in [0.3, 0.4) is 0 Å². The molecule has 104 valence electrons. The topological polar surface area (TPSA) is 78.9 Å². The Hall–Kier alpha value is -1.14. The van der Waals surface area contributed by atoms with Crippen LogP contribution in [0.25, 0.3) is 0 Å². The molecule has 0 radical (unpaired) electrons. The predicted molar refractivity (Wildman–Crippen MR) is 66.3 cm³/mol. The van der Waals surface area contributed by atoms with Crippen LogP contribution < -0.4 is 5.32 Å². The van der Waals surface area contributed by atoms with Crippen LogP contribution in [0.15, 0.2) is 0 Å². The van der Waals surface area contributed by atoms with E-state index in [1.165, 1.54) is 25.8 Å². The molecule has 2 unspecified atom stereocenters. The van der Waals surface area contributed by atoms with E-state index >= 15 is 0 Å². The Morgan fingerprint density at radius 2 is 2.06 bits per heavy atom. The fourth-order valence-electron chi connectivity index (χ4n) is 1.93. The van der Waals surface area contributed by atoms with E-state index in [0.717, 1.165) is 6.54 Å². The summed E-state index contributed by atoms with van der Waals surface area (Å²) in [5, 5.41) is 12.3. The number of carbonyl (C=O) groups is 2. The maximum Gasteiger partial charge on any atom is 0.329 e. The van der Waals surface area contributed by atoms with Gasteiger partial charge in [-0.2, -0.15) is 0 Å². The Morgan fingerprint density at radius 1 is 1.44 bits per heavy atom. The lowest BCUT2D eigenvalue weighted by atomic mass is 9.97. The van der Waals surface area contributed by atoms with E-state index in [1.807, 2.05) is 6.92 Å². The van der Waals surface area contributed by atoms with Gasteiger partial charge < -0.3 is 20.1 Å². The molecule has 0 bridgehead atoms. The number of aliphatic carboxylic acids is 1. The van der Waals surface area contributed by atoms with Gasteiger partial charge in [-0.1, -0.05) is 6.92 Å². The standard InChI is InChI=1S/C12H22N2O4/c1-5-13-9-7-18-6-8(9)10(15)14(4)12(2,3)11(16)17/h8-9,13H,5-7H2,1-4H3,(H,16,17). The van der Waals surface area contributed by atoms with Gasteiger partial charge >= 0.3 is 5.97 Å². The summed E-state index contributed by atoms with van der Waals surface area (Å²) < 4.78 is 5.31. The third-order valence-corrected chi connectivity index (χ3v) is 3.56. The van der Waals surface area contributed by atoms with Crippen LogP contribution in [-0.2, 0) is 14.3 Å². The fraction of sp³-hybridized carbons (Fsp3) is 0.833. The molecule has 0 spiro atoms. The van der Waals surface area contributed by atoms with Gasteiger partial charge in [-0.15, -0.1) is 0 Å². The van der Waals surface area contributed by atoms with Crippen LogP contribution in [0.5, 0.6) is 0 Å². The van der Waals surface area contributed by atoms with Gasteiger partial charge in [0.1, 0.15) is 5.54 Å². The van der Waals surface area contributed by atoms with Gasteiger partial charge in [0.15, 0.2) is 0 Å². The van der Waals surface area contributed by atoms with Crippen molar-refractivity contribution in [3.63, 3.8) is 0 Å². The quantitative estimate of drug-likeness (QED) is 0.722. The first-order valence-electron chi connectivity index (χ1n) is 6.14. The number of amides is 1. The summed E-state index contributed by atoms with van der Waals surface area (Å²) in [7, 11) is 1.53. The molecule has 1 aliphatic rings. The molecule has 1 aliphatic heterocycles. The molecule has 0 saturated carbocycles. The highest BCUT2D eigenvalue weighted by molar-refractivity contribution is 5.87. The van der Waals surface area contributed by atoms with E-state index in [4.69, 9.17) is 9.84 Å². The number of nitrogens with one attached hydrogen (secondary N) is 1. The lowest BCUT2D eigenvalue weighted by Gasteiger charge is -2.34. The Bertz CT molecular complexity index is 330. The number of hydrogen-bond acceptors (Lipinski definition) is 4. The molecule has 0 aromatic heterocycles. The first-order valence-corrected chi connectivity index (χ1v) is 6.14. The van der Waals surface area contributed by atoms with Gasteiger partial charge in [-0.05, 0) is 20.4 Å². The molecule has 1 saturated heterocycles. The van der Waals surface area contributed by atoms with Crippen molar-refractivity contribution in [3.05, 3.63) is 0 Å². The number of rotatable bonds is 5. The van der Waals surface area contributed by atoms with Crippen LogP contribution >= 0.6 is 0 Å². The zero-order valence-corrected chi connectivity index (χ0v) is 11.4. The summed E-state index contributed by atoms with van der Waals surface area (Å²) in [4.78, 5) is 24.8. The minimum absolute atomic E-state index is 0.0328. The number of carbonyl (C=O) groups excluding carboxylic acids is 1. The maximum absolute atomic E-state index is 12.3. The van der Waals surface area contributed by atoms with Crippen LogP contribution in [0.4, 0.5) is 0 Å². The number of nitrogens with zero attached hydrogens (tertiary/aromatic N) is 1. The number of carboxylic acids is 1. The van der Waals surface area contributed by atoms with Gasteiger partial charge in [0, 0.05) is 13.1 Å². The zero-order valence-electron chi connectivity index (χ0n) is 11.4. The van der Waals surface area contributed by atoms with Crippen LogP contribution in [-0.4, -0.2) is 60.3 Å². The van der Waals surface area contributed by atoms with Crippen molar-refractivity contribution in [2.24, 2.45) is 5.92 Å². The molecule has 0 aromatic rings. The Balaban J connectivity index is 2.77. The van der Waals surface area contributed by atoms with E-state index < -0.39 is 11.5 Å². The highest BCUT2D eigenvalue weighted by Crippen LogP contribution is 2.21. The van der Waals surface area contributed by atoms with Gasteiger partial charge in [0.2, 0.25) is 5.91 Å². The lowest BCUT2D eigenvalue weighted by Crippen LogP contribution is -2.55. The molecule has 6 heteroatoms. The van der Waals surface area contributed by atoms with Crippen molar-refractivity contribution >= 4 is 11.9 Å². The van der Waals surface area contributed by atoms with Crippen molar-refractivity contribution in [1.29, 1.82) is 0 Å². The van der Waals surface area contributed by atoms with E-state index in [-0.39, 0.29) is 17.9 Å². The molecule has 2 atom stereocenters. The normalized spacial score (nSPS) is 24.0. The van der Waals surface area contributed by atoms with E-state index in [1.54, 1.807) is 0 Å². The number of likely N-dealkylation sites (N-methyl/N-ethyl adjacent to an activating group) is 2. The zero-order chi connectivity index (χ0) is 13.9. The number of carboxylic acid groups (broad SMARTS) is 1. The summed E-state index contributed by atoms with van der Waals surface area (Å²) in [6.45, 7) is 6.59. The Labute approximate surface area is 107 Å². The Morgan fingerprint density at radius 3 is 2.56 bits per heavy atom. The van der Waals surface area contributed by atoms with E-state index in [0.29, 0.717) is 13.2 Å². The largest absolute Gasteiger partial charge is 0.480 e. The molecule has 18 heavy (non-hydrogen) atoms. The summed E-state index contributed by atoms with van der Waals surface area (Å²) in [5.74, 6) is -1.52. The van der Waals surface area contributed by atoms with Crippen LogP contribution in [0.2, 0.25) is 0 Å². The molecule has 0 aromatic carbocycles. The predicted octanol–water partition coefficient (Wildman–Crippen LogP) is -0.0675. The summed E-state index contributed by atoms with van der Waals surface area (Å²) in [6.07, 6.45) is 0. The van der Waals surface area contributed by atoms with Crippen molar-refractivity contribution in [2.45, 2.75) is 32.4 Å². The molecule has 0 aliphatic carbocycles. The summed E-state index contributed by atoms with van der Waals surface area (Å²) in [6, 6.07) is -0.0328. The monoisotopic (exact) mass is 258 g/mol. The molecule has 2 N–H and O–H groups in total. The Kier molecular flexibility index (Phi) is 4.70. The number of hydrogen-bond donors (Lipinski definition) is 2. The van der Waals surface area contributed by atoms with Crippen LogP contribution in [0, 0.1) is 5.92 Å². The van der Waals surface area contributed by atoms with Gasteiger partial charge in [0.25, 0.3) is 0 Å². The van der Waals surface area contributed by atoms with Crippen molar-refractivity contribution in [3.8, 4) is 0 Å². The van der Waals surface area contributed by atoms with Crippen molar-refractivity contribution in [1.82, 2.24) is 10.2 Å². The summed E-state index contributed by atoms with van der Waals surface area (Å²) in [5.41, 5.74) is -1.21. The highest BCUT2D eigenvalue weighted by Gasteiger charge is 2.42. The SMILES string of the molecule is CCNC1COCC1C(=O)N(C)C(C)(C)C(=O)O. The average molecular weight is 258 g/mol. The average Bonchev–Trinajstić information content (AvgIpc) is 2.75. The fourth-order valence-corrected chi connectivity index (χ4v) is 1.93. The van der Waals surface area contributed by atoms with E-state index in [9.17, 15) is 9.59 Å². The third-order valence-electron chi connectivity index (χ3n) is 3.56. The van der Waals surface area contributed by atoms with Crippen molar-refractivity contribution in [2.75, 3.05) is 26.8 Å². The smallest absolute Gasteiger partial charge is 0.329 e. The molecule has 6 nitrogen and oxygen atoms in total. The number of ether oxygens (including phenoxy) is 1. The highest BCUT2D eigenvalue weighted by atomic mass is 16.5. The first-order chi connectivity index (χ1) is 8.32. The minimum atomic E-state index is -1.21. The maximum atomic E-state index is 12.3. The van der Waals surface area contributed by atoms with Crippen LogP contribution in [0.1, 0.15) is 20.8 Å². The van der Waals surface area contributed by atoms with E-state index in [2.05, 4.69) is 5.32 Å². The van der Waals surface area contributed by atoms with Gasteiger partial charge in [-0.3, -0.25) is 4.79 Å². The third kappa shape index (κ3) is 2.81. The molecule has 1 amide bonds. The molecule has 1 fully saturated rings.